The summed E-state index contributed by atoms with van der Waals surface area (Å²) in [6.07, 6.45) is -0.411. The molecule has 0 bridgehead atoms. The molecular formula is C30H27N3O5. The molecule has 2 heterocycles. The number of ether oxygens (including phenoxy) is 1. The van der Waals surface area contributed by atoms with E-state index in [0.29, 0.717) is 35.1 Å². The number of anilines is 1. The minimum atomic E-state index is -1.11. The second kappa shape index (κ2) is 10.8. The van der Waals surface area contributed by atoms with Crippen LogP contribution >= 0.6 is 0 Å². The van der Waals surface area contributed by atoms with Crippen molar-refractivity contribution in [2.45, 2.75) is 32.5 Å². The van der Waals surface area contributed by atoms with Gasteiger partial charge in [-0.05, 0) is 36.8 Å². The Balaban J connectivity index is 1.39. The first-order valence-electron chi connectivity index (χ1n) is 12.4. The van der Waals surface area contributed by atoms with Gasteiger partial charge in [0.25, 0.3) is 5.91 Å². The quantitative estimate of drug-likeness (QED) is 0.348. The smallest absolute Gasteiger partial charge is 0.339 e. The third-order valence-electron chi connectivity index (χ3n) is 6.61. The lowest BCUT2D eigenvalue weighted by Gasteiger charge is -2.30. The highest BCUT2D eigenvalue weighted by atomic mass is 16.5. The summed E-state index contributed by atoms with van der Waals surface area (Å²) >= 11 is 0. The van der Waals surface area contributed by atoms with Gasteiger partial charge in [-0.1, -0.05) is 54.6 Å². The molecular weight excluding hydrogens is 482 g/mol. The van der Waals surface area contributed by atoms with Crippen LogP contribution in [-0.4, -0.2) is 45.5 Å². The van der Waals surface area contributed by atoms with Crippen molar-refractivity contribution in [2.75, 3.05) is 11.9 Å². The van der Waals surface area contributed by atoms with Crippen LogP contribution in [0.2, 0.25) is 0 Å². The standard InChI is InChI=1S/C30H27N3O5/c1-19(28(34)31-22-11-7-10-21(16-22)29(35)36)38-30(37)27-23-12-5-6-13-25(23)32-26-14-15-33(18-24(26)27)17-20-8-3-2-4-9-20/h2-13,16,19H,14-15,17-18H2,1H3,(H,31,34)(H,35,36). The van der Waals surface area contributed by atoms with E-state index in [2.05, 4.69) is 22.3 Å². The number of hydrogen-bond acceptors (Lipinski definition) is 6. The van der Waals surface area contributed by atoms with Gasteiger partial charge in [0.1, 0.15) is 0 Å². The lowest BCUT2D eigenvalue weighted by atomic mass is 9.95. The van der Waals surface area contributed by atoms with Crippen molar-refractivity contribution in [3.63, 3.8) is 0 Å². The molecule has 0 radical (unpaired) electrons. The van der Waals surface area contributed by atoms with Crippen LogP contribution in [0.15, 0.2) is 78.9 Å². The van der Waals surface area contributed by atoms with E-state index in [1.54, 1.807) is 6.07 Å². The van der Waals surface area contributed by atoms with E-state index in [4.69, 9.17) is 9.72 Å². The van der Waals surface area contributed by atoms with Gasteiger partial charge in [-0.3, -0.25) is 14.7 Å². The van der Waals surface area contributed by atoms with Crippen LogP contribution < -0.4 is 5.32 Å². The summed E-state index contributed by atoms with van der Waals surface area (Å²) in [6.45, 7) is 3.59. The fourth-order valence-electron chi connectivity index (χ4n) is 4.70. The van der Waals surface area contributed by atoms with Gasteiger partial charge in [0.05, 0.1) is 16.6 Å². The summed E-state index contributed by atoms with van der Waals surface area (Å²) < 4.78 is 5.66. The first-order valence-corrected chi connectivity index (χ1v) is 12.4. The number of aromatic carboxylic acids is 1. The number of amides is 1. The van der Waals surface area contributed by atoms with Gasteiger partial charge in [0.15, 0.2) is 6.10 Å². The van der Waals surface area contributed by atoms with Crippen LogP contribution in [0.1, 0.15) is 44.5 Å². The minimum Gasteiger partial charge on any atom is -0.478 e. The molecule has 0 aliphatic carbocycles. The molecule has 2 N–H and O–H groups in total. The maximum atomic E-state index is 13.6. The second-order valence-corrected chi connectivity index (χ2v) is 9.30. The fourth-order valence-corrected chi connectivity index (χ4v) is 4.70. The van der Waals surface area contributed by atoms with Crippen molar-refractivity contribution in [1.29, 1.82) is 0 Å². The number of carbonyl (C=O) groups excluding carboxylic acids is 2. The molecule has 1 aliphatic rings. The number of carbonyl (C=O) groups is 3. The number of esters is 1. The number of para-hydroxylation sites is 1. The monoisotopic (exact) mass is 509 g/mol. The number of carboxylic acids is 1. The van der Waals surface area contributed by atoms with Crippen LogP contribution in [0.4, 0.5) is 5.69 Å². The molecule has 4 aromatic rings. The van der Waals surface area contributed by atoms with Gasteiger partial charge >= 0.3 is 11.9 Å². The number of nitrogens with one attached hydrogen (secondary N) is 1. The van der Waals surface area contributed by atoms with Crippen molar-refractivity contribution in [3.8, 4) is 0 Å². The van der Waals surface area contributed by atoms with Crippen LogP contribution in [0, 0.1) is 0 Å². The van der Waals surface area contributed by atoms with Crippen molar-refractivity contribution in [3.05, 3.63) is 107 Å². The number of pyridine rings is 1. The number of benzene rings is 3. The molecule has 3 aromatic carbocycles. The molecule has 1 unspecified atom stereocenters. The maximum absolute atomic E-state index is 13.6. The van der Waals surface area contributed by atoms with Crippen molar-refractivity contribution >= 4 is 34.4 Å². The molecule has 1 amide bonds. The number of fused-ring (bicyclic) bond motifs is 2. The Kier molecular flexibility index (Phi) is 7.15. The lowest BCUT2D eigenvalue weighted by molar-refractivity contribution is -0.123. The van der Waals surface area contributed by atoms with Gasteiger partial charge in [0, 0.05) is 48.4 Å². The summed E-state index contributed by atoms with van der Waals surface area (Å²) in [5.74, 6) is -2.25. The van der Waals surface area contributed by atoms with E-state index >= 15 is 0 Å². The van der Waals surface area contributed by atoms with E-state index < -0.39 is 23.9 Å². The molecule has 1 aliphatic heterocycles. The zero-order chi connectivity index (χ0) is 26.6. The van der Waals surface area contributed by atoms with Gasteiger partial charge in [-0.15, -0.1) is 0 Å². The number of hydrogen-bond donors (Lipinski definition) is 2. The SMILES string of the molecule is CC(OC(=O)c1c2c(nc3ccccc13)CCN(Cc1ccccc1)C2)C(=O)Nc1cccc(C(=O)O)c1. The predicted molar refractivity (Wildman–Crippen MR) is 143 cm³/mol. The number of aromatic nitrogens is 1. The van der Waals surface area contributed by atoms with E-state index in [-0.39, 0.29) is 5.56 Å². The Morgan fingerprint density at radius 3 is 2.58 bits per heavy atom. The topological polar surface area (TPSA) is 109 Å². The normalized spacial score (nSPS) is 13.9. The van der Waals surface area contributed by atoms with Crippen molar-refractivity contribution in [2.24, 2.45) is 0 Å². The third kappa shape index (κ3) is 5.40. The Bertz CT molecular complexity index is 1520. The highest BCUT2D eigenvalue weighted by Crippen LogP contribution is 2.30. The summed E-state index contributed by atoms with van der Waals surface area (Å²) in [7, 11) is 0. The molecule has 8 heteroatoms. The van der Waals surface area contributed by atoms with Crippen LogP contribution in [-0.2, 0) is 29.0 Å². The lowest BCUT2D eigenvalue weighted by Crippen LogP contribution is -2.34. The van der Waals surface area contributed by atoms with E-state index in [1.807, 2.05) is 42.5 Å². The van der Waals surface area contributed by atoms with E-state index in [9.17, 15) is 19.5 Å². The molecule has 0 saturated carbocycles. The van der Waals surface area contributed by atoms with Gasteiger partial charge in [-0.25, -0.2) is 9.59 Å². The first-order chi connectivity index (χ1) is 18.4. The maximum Gasteiger partial charge on any atom is 0.339 e. The Morgan fingerprint density at radius 2 is 1.79 bits per heavy atom. The molecule has 38 heavy (non-hydrogen) atoms. The van der Waals surface area contributed by atoms with Gasteiger partial charge in [-0.2, -0.15) is 0 Å². The zero-order valence-corrected chi connectivity index (χ0v) is 20.9. The molecule has 0 spiro atoms. The number of nitrogens with zero attached hydrogens (tertiary/aromatic N) is 2. The third-order valence-corrected chi connectivity index (χ3v) is 6.61. The molecule has 8 nitrogen and oxygen atoms in total. The van der Waals surface area contributed by atoms with Crippen molar-refractivity contribution in [1.82, 2.24) is 9.88 Å². The van der Waals surface area contributed by atoms with E-state index in [0.717, 1.165) is 24.3 Å². The van der Waals surface area contributed by atoms with Crippen LogP contribution in [0.5, 0.6) is 0 Å². The Morgan fingerprint density at radius 1 is 1.03 bits per heavy atom. The molecule has 1 aromatic heterocycles. The predicted octanol–water partition coefficient (Wildman–Crippen LogP) is 4.68. The molecule has 0 fully saturated rings. The van der Waals surface area contributed by atoms with E-state index in [1.165, 1.54) is 30.7 Å². The average Bonchev–Trinajstić information content (AvgIpc) is 2.92. The minimum absolute atomic E-state index is 0.0439. The number of rotatable bonds is 7. The largest absolute Gasteiger partial charge is 0.478 e. The van der Waals surface area contributed by atoms with Crippen molar-refractivity contribution < 1.29 is 24.2 Å². The molecule has 192 valence electrons. The summed E-state index contributed by atoms with van der Waals surface area (Å²) in [5, 5.41) is 12.5. The zero-order valence-electron chi connectivity index (χ0n) is 20.9. The number of carboxylic acid groups (broad SMARTS) is 1. The molecule has 5 rings (SSSR count). The first kappa shape index (κ1) is 25.1. The highest BCUT2D eigenvalue weighted by molar-refractivity contribution is 6.06. The Labute approximate surface area is 219 Å². The second-order valence-electron chi connectivity index (χ2n) is 9.30. The summed E-state index contributed by atoms with van der Waals surface area (Å²) in [6, 6.07) is 23.5. The summed E-state index contributed by atoms with van der Waals surface area (Å²) in [5.41, 5.74) is 4.35. The Hall–Kier alpha value is -4.56. The fraction of sp³-hybridized carbons (Fsp3) is 0.200. The molecule has 1 atom stereocenters. The van der Waals surface area contributed by atoms with Crippen LogP contribution in [0.25, 0.3) is 10.9 Å². The molecule has 0 saturated heterocycles. The van der Waals surface area contributed by atoms with Gasteiger partial charge in [0.2, 0.25) is 0 Å². The summed E-state index contributed by atoms with van der Waals surface area (Å²) in [4.78, 5) is 44.7. The average molecular weight is 510 g/mol. The highest BCUT2D eigenvalue weighted by Gasteiger charge is 2.29. The van der Waals surface area contributed by atoms with Crippen LogP contribution in [0.3, 0.4) is 0 Å². The van der Waals surface area contributed by atoms with Gasteiger partial charge < -0.3 is 15.2 Å².